The van der Waals surface area contributed by atoms with Crippen LogP contribution in [0.4, 0.5) is 0 Å². The van der Waals surface area contributed by atoms with Crippen LogP contribution >= 0.6 is 0 Å². The van der Waals surface area contributed by atoms with Crippen molar-refractivity contribution in [2.75, 3.05) is 0 Å². The zero-order chi connectivity index (χ0) is 8.36. The Hall–Kier alpha value is -2.47. The van der Waals surface area contributed by atoms with Crippen molar-refractivity contribution in [3.05, 3.63) is 45.9 Å². The van der Waals surface area contributed by atoms with Crippen molar-refractivity contribution in [3.8, 4) is 6.07 Å². The number of nitrogens with zero attached hydrogens (tertiary/aromatic N) is 2. The van der Waals surface area contributed by atoms with Gasteiger partial charge in [-0.15, -0.1) is 0 Å². The first-order valence-electron chi connectivity index (χ1n) is 2.45. The summed E-state index contributed by atoms with van der Waals surface area (Å²) in [5.74, 6) is 1.59. The quantitative estimate of drug-likeness (QED) is 0.212. The first-order valence-corrected chi connectivity index (χ1v) is 2.45. The summed E-state index contributed by atoms with van der Waals surface area (Å²) in [5.41, 5.74) is 13.4. The Morgan fingerprint density at radius 3 is 2.27 bits per heavy atom. The SMILES string of the molecule is N#C[C+]=C=C=C=C=C=C=C=[N-]. The Balaban J connectivity index is 5.08. The van der Waals surface area contributed by atoms with Crippen LogP contribution in [0.5, 0.6) is 0 Å². The molecule has 0 amide bonds. The molecule has 0 unspecified atom stereocenters. The molecule has 0 bridgehead atoms. The molecule has 0 aromatic carbocycles. The molecule has 11 heavy (non-hydrogen) atoms. The second kappa shape index (κ2) is 7.53. The predicted molar refractivity (Wildman–Crippen MR) is 38.3 cm³/mol. The molecule has 46 valence electrons. The number of allylic oxidation sites excluding steroid dienone is 1. The maximum atomic E-state index is 7.92. The van der Waals surface area contributed by atoms with Crippen LogP contribution in [0.3, 0.4) is 0 Å². The van der Waals surface area contributed by atoms with E-state index in [-0.39, 0.29) is 0 Å². The van der Waals surface area contributed by atoms with Crippen molar-refractivity contribution in [2.24, 2.45) is 0 Å². The summed E-state index contributed by atoms with van der Waals surface area (Å²) in [5, 5.41) is 15.8. The van der Waals surface area contributed by atoms with Crippen LogP contribution < -0.4 is 0 Å². The van der Waals surface area contributed by atoms with Crippen molar-refractivity contribution < 1.29 is 0 Å². The Kier molecular flexibility index (Phi) is 5.84. The molecule has 0 fully saturated rings. The highest BCUT2D eigenvalue weighted by molar-refractivity contribution is 5.53. The number of hydrogen-bond acceptors (Lipinski definition) is 1. The van der Waals surface area contributed by atoms with Crippen molar-refractivity contribution in [1.29, 1.82) is 5.26 Å². The maximum Gasteiger partial charge on any atom is 0.276 e. The second-order valence-electron chi connectivity index (χ2n) is 1.10. The van der Waals surface area contributed by atoms with E-state index in [1.165, 1.54) is 0 Å². The minimum atomic E-state index is 1.59. The molecule has 0 atom stereocenters. The zero-order valence-electron chi connectivity index (χ0n) is 5.39. The lowest BCUT2D eigenvalue weighted by molar-refractivity contribution is 1.52. The molecule has 0 N–H and O–H groups in total. The van der Waals surface area contributed by atoms with E-state index in [2.05, 4.69) is 40.5 Å². The third-order valence-corrected chi connectivity index (χ3v) is 0.487. The average Bonchev–Trinajstić information content (AvgIpc) is 2.03. The summed E-state index contributed by atoms with van der Waals surface area (Å²) in [6.07, 6.45) is 2.07. The first-order chi connectivity index (χ1) is 5.41. The van der Waals surface area contributed by atoms with E-state index in [1.807, 2.05) is 0 Å². The summed E-state index contributed by atoms with van der Waals surface area (Å²) in [7, 11) is 0. The fourth-order valence-corrected chi connectivity index (χ4v) is 0.212. The van der Waals surface area contributed by atoms with E-state index in [0.717, 1.165) is 0 Å². The molecular weight excluding hydrogens is 136 g/mol. The zero-order valence-corrected chi connectivity index (χ0v) is 5.39. The molecule has 0 radical (unpaired) electrons. The van der Waals surface area contributed by atoms with Gasteiger partial charge in [0.25, 0.3) is 12.1 Å². The van der Waals surface area contributed by atoms with E-state index in [1.54, 1.807) is 11.9 Å². The predicted octanol–water partition coefficient (Wildman–Crippen LogP) is 1.04. The van der Waals surface area contributed by atoms with Crippen LogP contribution in [0.15, 0.2) is 34.4 Å². The van der Waals surface area contributed by atoms with Crippen molar-refractivity contribution in [3.63, 3.8) is 0 Å². The highest BCUT2D eigenvalue weighted by atomic mass is 14.3. The molecular formula is C9N2. The first kappa shape index (κ1) is 8.53. The van der Waals surface area contributed by atoms with Gasteiger partial charge in [0.15, 0.2) is 0 Å². The third kappa shape index (κ3) is 7.53. The topological polar surface area (TPSA) is 46.1 Å². The van der Waals surface area contributed by atoms with Gasteiger partial charge in [-0.1, -0.05) is 0 Å². The van der Waals surface area contributed by atoms with Gasteiger partial charge in [0, 0.05) is 5.73 Å². The minimum absolute atomic E-state index is 1.59. The number of nitriles is 1. The standard InChI is InChI=1S/C9N2/c10-8-6-4-2-1-3-5-7-9-11. The van der Waals surface area contributed by atoms with E-state index < -0.39 is 0 Å². The monoisotopic (exact) mass is 136 g/mol. The van der Waals surface area contributed by atoms with Crippen LogP contribution in [0.1, 0.15) is 0 Å². The summed E-state index contributed by atoms with van der Waals surface area (Å²) in [6.45, 7) is 0. The fraction of sp³-hybridized carbons (Fsp3) is 0. The molecule has 0 spiro atoms. The van der Waals surface area contributed by atoms with Crippen LogP contribution in [-0.4, -0.2) is 5.87 Å². The lowest BCUT2D eigenvalue weighted by Gasteiger charge is -1.46. The average molecular weight is 136 g/mol. The lowest BCUT2D eigenvalue weighted by Crippen LogP contribution is -1.34. The lowest BCUT2D eigenvalue weighted by atomic mass is 10.6. The molecule has 0 saturated heterocycles. The van der Waals surface area contributed by atoms with Gasteiger partial charge in [-0.2, -0.15) is 5.26 Å². The van der Waals surface area contributed by atoms with Gasteiger partial charge in [0.05, 0.1) is 0 Å². The van der Waals surface area contributed by atoms with Crippen molar-refractivity contribution >= 4 is 5.87 Å². The van der Waals surface area contributed by atoms with Gasteiger partial charge >= 0.3 is 0 Å². The summed E-state index contributed by atoms with van der Waals surface area (Å²) in [4.78, 5) is 0. The Morgan fingerprint density at radius 1 is 1.00 bits per heavy atom. The summed E-state index contributed by atoms with van der Waals surface area (Å²) < 4.78 is 0. The van der Waals surface area contributed by atoms with Gasteiger partial charge in [-0.25, -0.2) is 5.87 Å². The van der Waals surface area contributed by atoms with Crippen LogP contribution in [0, 0.1) is 17.4 Å². The van der Waals surface area contributed by atoms with E-state index >= 15 is 0 Å². The second-order valence-corrected chi connectivity index (χ2v) is 1.10. The van der Waals surface area contributed by atoms with Gasteiger partial charge in [0.1, 0.15) is 5.73 Å². The van der Waals surface area contributed by atoms with Crippen LogP contribution in [0.25, 0.3) is 5.41 Å². The van der Waals surface area contributed by atoms with Crippen LogP contribution in [0.2, 0.25) is 0 Å². The molecule has 0 aromatic heterocycles. The molecule has 0 aromatic rings. The largest absolute Gasteiger partial charge is 0.755 e. The minimum Gasteiger partial charge on any atom is -0.755 e. The Morgan fingerprint density at radius 2 is 1.64 bits per heavy atom. The van der Waals surface area contributed by atoms with Gasteiger partial charge in [0.2, 0.25) is 11.5 Å². The molecule has 0 aliphatic heterocycles. The van der Waals surface area contributed by atoms with Gasteiger partial charge < -0.3 is 5.41 Å². The van der Waals surface area contributed by atoms with Crippen molar-refractivity contribution in [1.82, 2.24) is 0 Å². The smallest absolute Gasteiger partial charge is 0.276 e. The molecule has 2 nitrogen and oxygen atoms in total. The molecule has 0 saturated carbocycles. The third-order valence-electron chi connectivity index (χ3n) is 0.487. The number of hydrogen-bond donors (Lipinski definition) is 0. The number of rotatable bonds is 0. The van der Waals surface area contributed by atoms with Crippen LogP contribution in [-0.2, 0) is 0 Å². The fourth-order valence-electron chi connectivity index (χ4n) is 0.212. The highest BCUT2D eigenvalue weighted by Gasteiger charge is 1.66. The molecule has 0 aliphatic rings. The molecule has 2 heteroatoms. The Bertz CT molecular complexity index is 420. The summed E-state index contributed by atoms with van der Waals surface area (Å²) in [6, 6.07) is 1.59. The van der Waals surface area contributed by atoms with E-state index in [9.17, 15) is 0 Å². The normalized spacial score (nSPS) is 3.55. The molecule has 0 aliphatic carbocycles. The van der Waals surface area contributed by atoms with Gasteiger partial charge in [-0.3, -0.25) is 0 Å². The highest BCUT2D eigenvalue weighted by Crippen LogP contribution is 1.55. The summed E-state index contributed by atoms with van der Waals surface area (Å²) >= 11 is 0. The van der Waals surface area contributed by atoms with Crippen molar-refractivity contribution in [2.45, 2.75) is 0 Å². The molecule has 0 rings (SSSR count). The maximum absolute atomic E-state index is 7.92. The Labute approximate surface area is 63.9 Å². The van der Waals surface area contributed by atoms with Gasteiger partial charge in [-0.05, 0) is 11.5 Å². The van der Waals surface area contributed by atoms with E-state index in [0.29, 0.717) is 0 Å². The molecule has 0 heterocycles. The van der Waals surface area contributed by atoms with E-state index in [4.69, 9.17) is 10.7 Å².